The van der Waals surface area contributed by atoms with Gasteiger partial charge in [0.15, 0.2) is 16.7 Å². The molecule has 10 heteroatoms. The summed E-state index contributed by atoms with van der Waals surface area (Å²) < 4.78 is 6.15. The van der Waals surface area contributed by atoms with Crippen molar-refractivity contribution < 1.29 is 14.9 Å². The predicted octanol–water partition coefficient (Wildman–Crippen LogP) is 5.61. The Kier molecular flexibility index (Phi) is 7.23. The molecule has 0 saturated carbocycles. The predicted molar refractivity (Wildman–Crippen MR) is 126 cm³/mol. The van der Waals surface area contributed by atoms with E-state index in [1.807, 2.05) is 43.3 Å². The van der Waals surface area contributed by atoms with E-state index in [2.05, 4.69) is 20.3 Å². The van der Waals surface area contributed by atoms with Gasteiger partial charge in [-0.2, -0.15) is 0 Å². The van der Waals surface area contributed by atoms with E-state index >= 15 is 0 Å². The van der Waals surface area contributed by atoms with Crippen molar-refractivity contribution in [1.82, 2.24) is 15.0 Å². The number of hydrogen-bond donors (Lipinski definition) is 3. The molecular formula is C22H19ClN4O3S2. The molecule has 3 N–H and O–H groups in total. The molecule has 1 aromatic carbocycles. The smallest absolute Gasteiger partial charge is 0.188 e. The molecule has 0 saturated heterocycles. The molecule has 1 atom stereocenters. The highest BCUT2D eigenvalue weighted by atomic mass is 35.5. The van der Waals surface area contributed by atoms with Crippen LogP contribution in [0.1, 0.15) is 17.5 Å². The number of halogens is 1. The number of anilines is 2. The number of aliphatic hydroxyl groups excluding tert-OH is 2. The summed E-state index contributed by atoms with van der Waals surface area (Å²) in [4.78, 5) is 15.0. The topological polar surface area (TPSA) is 100 Å². The number of aliphatic hydroxyl groups is 2. The van der Waals surface area contributed by atoms with Crippen LogP contribution in [-0.4, -0.2) is 31.8 Å². The summed E-state index contributed by atoms with van der Waals surface area (Å²) in [5, 5.41) is 24.9. The molecule has 0 fully saturated rings. The minimum absolute atomic E-state index is 0.388. The maximum Gasteiger partial charge on any atom is 0.188 e. The van der Waals surface area contributed by atoms with Crippen LogP contribution < -0.4 is 10.1 Å². The van der Waals surface area contributed by atoms with Crippen LogP contribution in [0.5, 0.6) is 11.5 Å². The van der Waals surface area contributed by atoms with Gasteiger partial charge in [0.05, 0.1) is 18.0 Å². The van der Waals surface area contributed by atoms with E-state index in [0.717, 1.165) is 15.5 Å². The Labute approximate surface area is 198 Å². The van der Waals surface area contributed by atoms with E-state index in [9.17, 15) is 5.11 Å². The molecule has 7 nitrogen and oxygen atoms in total. The van der Waals surface area contributed by atoms with Crippen LogP contribution in [0, 0.1) is 6.92 Å². The van der Waals surface area contributed by atoms with Crippen molar-refractivity contribution in [3.63, 3.8) is 0 Å². The van der Waals surface area contributed by atoms with Crippen LogP contribution in [0.25, 0.3) is 0 Å². The monoisotopic (exact) mass is 486 g/mol. The third-order valence-corrected chi connectivity index (χ3v) is 6.26. The van der Waals surface area contributed by atoms with Crippen molar-refractivity contribution in [2.24, 2.45) is 0 Å². The van der Waals surface area contributed by atoms with Gasteiger partial charge >= 0.3 is 0 Å². The Morgan fingerprint density at radius 1 is 1.16 bits per heavy atom. The molecule has 4 aromatic rings. The fraction of sp³-hybridized carbons (Fsp3) is 0.136. The highest BCUT2D eigenvalue weighted by Crippen LogP contribution is 2.37. The number of rotatable bonds is 8. The number of nitrogens with one attached hydrogen (secondary N) is 1. The number of aromatic nitrogens is 3. The summed E-state index contributed by atoms with van der Waals surface area (Å²) in [6.07, 6.45) is 2.41. The van der Waals surface area contributed by atoms with Crippen molar-refractivity contribution in [3.05, 3.63) is 76.6 Å². The van der Waals surface area contributed by atoms with Crippen molar-refractivity contribution in [3.8, 4) is 11.5 Å². The van der Waals surface area contributed by atoms with Gasteiger partial charge in [-0.05, 0) is 37.3 Å². The summed E-state index contributed by atoms with van der Waals surface area (Å²) in [7, 11) is 0. The van der Waals surface area contributed by atoms with Gasteiger partial charge in [0.25, 0.3) is 0 Å². The van der Waals surface area contributed by atoms with Crippen molar-refractivity contribution in [2.75, 3.05) is 11.9 Å². The minimum atomic E-state index is -1.03. The molecule has 0 aliphatic heterocycles. The van der Waals surface area contributed by atoms with Gasteiger partial charge < -0.3 is 20.3 Å². The second kappa shape index (κ2) is 10.3. The van der Waals surface area contributed by atoms with E-state index in [1.54, 1.807) is 23.8 Å². The molecule has 0 amide bonds. The lowest BCUT2D eigenvalue weighted by atomic mass is 10.3. The van der Waals surface area contributed by atoms with Crippen LogP contribution in [0.15, 0.2) is 70.0 Å². The number of thiazole rings is 1. The molecule has 3 heterocycles. The SMILES string of the molecule is Cc1ncccc1Oc1cc(Sc2cccc(Cl)c2)cnc1Nc1nc(C(O)CO)cs1. The molecule has 0 aliphatic carbocycles. The Morgan fingerprint density at radius 3 is 2.81 bits per heavy atom. The molecule has 0 spiro atoms. The summed E-state index contributed by atoms with van der Waals surface area (Å²) in [5.41, 5.74) is 1.13. The van der Waals surface area contributed by atoms with Gasteiger partial charge in [-0.25, -0.2) is 9.97 Å². The quantitative estimate of drug-likeness (QED) is 0.295. The average Bonchev–Trinajstić information content (AvgIpc) is 3.25. The molecule has 32 heavy (non-hydrogen) atoms. The van der Waals surface area contributed by atoms with Gasteiger partial charge in [-0.3, -0.25) is 4.98 Å². The van der Waals surface area contributed by atoms with E-state index < -0.39 is 12.7 Å². The third kappa shape index (κ3) is 5.56. The zero-order valence-electron chi connectivity index (χ0n) is 16.9. The number of ether oxygens (including phenoxy) is 1. The van der Waals surface area contributed by atoms with Crippen LogP contribution in [0.2, 0.25) is 5.02 Å². The second-order valence-corrected chi connectivity index (χ2v) is 9.11. The Morgan fingerprint density at radius 2 is 2.03 bits per heavy atom. The summed E-state index contributed by atoms with van der Waals surface area (Å²) >= 11 is 8.91. The summed E-state index contributed by atoms with van der Waals surface area (Å²) in [6, 6.07) is 13.1. The first-order valence-corrected chi connectivity index (χ1v) is 11.6. The third-order valence-electron chi connectivity index (χ3n) is 4.30. The highest BCUT2D eigenvalue weighted by Gasteiger charge is 2.15. The normalized spacial score (nSPS) is 11.9. The zero-order valence-corrected chi connectivity index (χ0v) is 19.3. The molecule has 0 bridgehead atoms. The molecule has 164 valence electrons. The Balaban J connectivity index is 1.65. The maximum absolute atomic E-state index is 9.79. The lowest BCUT2D eigenvalue weighted by Gasteiger charge is -2.13. The summed E-state index contributed by atoms with van der Waals surface area (Å²) in [5.74, 6) is 1.56. The largest absolute Gasteiger partial charge is 0.452 e. The van der Waals surface area contributed by atoms with Crippen LogP contribution in [0.3, 0.4) is 0 Å². The molecule has 0 aliphatic rings. The first-order chi connectivity index (χ1) is 15.5. The van der Waals surface area contributed by atoms with E-state index in [-0.39, 0.29) is 0 Å². The van der Waals surface area contributed by atoms with Gasteiger partial charge in [-0.1, -0.05) is 29.4 Å². The average molecular weight is 487 g/mol. The first kappa shape index (κ1) is 22.5. The number of aryl methyl sites for hydroxylation is 1. The molecule has 0 radical (unpaired) electrons. The lowest BCUT2D eigenvalue weighted by Crippen LogP contribution is -2.03. The van der Waals surface area contributed by atoms with Crippen LogP contribution in [0.4, 0.5) is 10.9 Å². The van der Waals surface area contributed by atoms with E-state index in [0.29, 0.717) is 33.2 Å². The highest BCUT2D eigenvalue weighted by molar-refractivity contribution is 7.99. The zero-order chi connectivity index (χ0) is 22.5. The van der Waals surface area contributed by atoms with Crippen LogP contribution >= 0.6 is 34.7 Å². The number of pyridine rings is 2. The van der Waals surface area contributed by atoms with Gasteiger partial charge in [0, 0.05) is 38.7 Å². The molecule has 3 aromatic heterocycles. The van der Waals surface area contributed by atoms with Crippen molar-refractivity contribution in [1.29, 1.82) is 0 Å². The minimum Gasteiger partial charge on any atom is -0.452 e. The number of benzene rings is 1. The fourth-order valence-corrected chi connectivity index (χ4v) is 4.59. The van der Waals surface area contributed by atoms with Crippen molar-refractivity contribution in [2.45, 2.75) is 22.8 Å². The van der Waals surface area contributed by atoms with Crippen LogP contribution in [-0.2, 0) is 0 Å². The van der Waals surface area contributed by atoms with E-state index in [4.69, 9.17) is 21.4 Å². The Bertz CT molecular complexity index is 1220. The second-order valence-electron chi connectivity index (χ2n) is 6.67. The first-order valence-electron chi connectivity index (χ1n) is 9.56. The number of nitrogens with zero attached hydrogens (tertiary/aromatic N) is 3. The summed E-state index contributed by atoms with van der Waals surface area (Å²) in [6.45, 7) is 1.47. The standard InChI is InChI=1S/C22H19ClN4O3S2/c1-13-19(6-3-7-24-13)30-20-9-16(32-15-5-2-4-14(23)8-15)10-25-21(20)27-22-26-17(12-31-22)18(29)11-28/h2-10,12,18,28-29H,11H2,1H3,(H,25,26,27). The molecular weight excluding hydrogens is 468 g/mol. The fourth-order valence-electron chi connectivity index (χ4n) is 2.71. The van der Waals surface area contributed by atoms with Gasteiger partial charge in [-0.15, -0.1) is 11.3 Å². The molecule has 1 unspecified atom stereocenters. The van der Waals surface area contributed by atoms with Gasteiger partial charge in [0.1, 0.15) is 11.9 Å². The number of hydrogen-bond acceptors (Lipinski definition) is 9. The van der Waals surface area contributed by atoms with Gasteiger partial charge in [0.2, 0.25) is 0 Å². The van der Waals surface area contributed by atoms with E-state index in [1.165, 1.54) is 23.1 Å². The molecule has 4 rings (SSSR count). The van der Waals surface area contributed by atoms with Crippen molar-refractivity contribution >= 4 is 45.6 Å². The Hall–Kier alpha value is -2.69. The maximum atomic E-state index is 9.79. The lowest BCUT2D eigenvalue weighted by molar-refractivity contribution is 0.0928.